The third-order valence-electron chi connectivity index (χ3n) is 1.31. The minimum atomic E-state index is -0.510. The Morgan fingerprint density at radius 3 is 3.08 bits per heavy atom. The summed E-state index contributed by atoms with van der Waals surface area (Å²) in [6.45, 7) is 0.374. The van der Waals surface area contributed by atoms with Crippen molar-refractivity contribution < 1.29 is 4.39 Å². The molecule has 0 amide bonds. The van der Waals surface area contributed by atoms with Crippen LogP contribution < -0.4 is 5.73 Å². The number of rotatable bonds is 2. The van der Waals surface area contributed by atoms with Crippen molar-refractivity contribution >= 4 is 17.7 Å². The van der Waals surface area contributed by atoms with Crippen molar-refractivity contribution in [1.82, 2.24) is 4.98 Å². The largest absolute Gasteiger partial charge is 0.327 e. The van der Waals surface area contributed by atoms with Gasteiger partial charge in [0.1, 0.15) is 0 Å². The Morgan fingerprint density at radius 1 is 1.67 bits per heavy atom. The Hall–Kier alpha value is -0.930. The van der Waals surface area contributed by atoms with Gasteiger partial charge < -0.3 is 5.73 Å². The van der Waals surface area contributed by atoms with Gasteiger partial charge in [0.05, 0.1) is 0 Å². The number of pyridine rings is 1. The Balaban J connectivity index is 3.00. The molecule has 12 heavy (non-hydrogen) atoms. The summed E-state index contributed by atoms with van der Waals surface area (Å²) in [4.78, 5) is 3.57. The molecule has 0 aliphatic heterocycles. The number of hydrogen-bond donors (Lipinski definition) is 1. The fourth-order valence-electron chi connectivity index (χ4n) is 0.756. The summed E-state index contributed by atoms with van der Waals surface area (Å²) in [6, 6.07) is 1.54. The summed E-state index contributed by atoms with van der Waals surface area (Å²) < 4.78 is 13.0. The third-order valence-corrected chi connectivity index (χ3v) is 1.57. The van der Waals surface area contributed by atoms with Gasteiger partial charge in [-0.15, -0.1) is 0 Å². The van der Waals surface area contributed by atoms with Crippen molar-refractivity contribution in [3.05, 3.63) is 34.9 Å². The van der Waals surface area contributed by atoms with Crippen molar-refractivity contribution in [2.24, 2.45) is 5.73 Å². The van der Waals surface area contributed by atoms with E-state index in [1.54, 1.807) is 12.2 Å². The molecule has 0 aliphatic rings. The average molecular weight is 187 g/mol. The van der Waals surface area contributed by atoms with E-state index in [1.165, 1.54) is 12.3 Å². The van der Waals surface area contributed by atoms with Gasteiger partial charge in [-0.05, 0) is 6.07 Å². The van der Waals surface area contributed by atoms with Gasteiger partial charge >= 0.3 is 0 Å². The molecule has 1 aromatic rings. The van der Waals surface area contributed by atoms with E-state index < -0.39 is 5.82 Å². The molecule has 1 aromatic heterocycles. The molecule has 0 radical (unpaired) electrons. The van der Waals surface area contributed by atoms with Crippen LogP contribution in [0.2, 0.25) is 5.15 Å². The van der Waals surface area contributed by atoms with Crippen LogP contribution in [-0.2, 0) is 0 Å². The molecular formula is C8H8ClFN2. The minimum absolute atomic E-state index is 0.117. The smallest absolute Gasteiger partial charge is 0.167 e. The quantitative estimate of drug-likeness (QED) is 0.716. The first kappa shape index (κ1) is 9.16. The van der Waals surface area contributed by atoms with E-state index in [-0.39, 0.29) is 5.15 Å². The van der Waals surface area contributed by atoms with Crippen LogP contribution in [0.1, 0.15) is 5.56 Å². The molecule has 0 saturated carbocycles. The zero-order valence-corrected chi connectivity index (χ0v) is 7.05. The maximum Gasteiger partial charge on any atom is 0.167 e. The fraction of sp³-hybridized carbons (Fsp3) is 0.125. The van der Waals surface area contributed by atoms with Crippen LogP contribution >= 0.6 is 11.6 Å². The van der Waals surface area contributed by atoms with Gasteiger partial charge in [-0.25, -0.2) is 9.37 Å². The summed E-state index contributed by atoms with van der Waals surface area (Å²) in [5.74, 6) is -0.510. The van der Waals surface area contributed by atoms with Crippen LogP contribution in [0.25, 0.3) is 6.08 Å². The van der Waals surface area contributed by atoms with Crippen LogP contribution in [0.5, 0.6) is 0 Å². The van der Waals surface area contributed by atoms with Crippen molar-refractivity contribution in [2.75, 3.05) is 6.54 Å². The van der Waals surface area contributed by atoms with Crippen LogP contribution in [-0.4, -0.2) is 11.5 Å². The lowest BCUT2D eigenvalue weighted by molar-refractivity contribution is 0.619. The summed E-state index contributed by atoms with van der Waals surface area (Å²) >= 11 is 5.44. The molecule has 0 saturated heterocycles. The summed E-state index contributed by atoms with van der Waals surface area (Å²) in [7, 11) is 0. The van der Waals surface area contributed by atoms with Gasteiger partial charge in [0.15, 0.2) is 11.0 Å². The maximum absolute atomic E-state index is 13.0. The summed E-state index contributed by atoms with van der Waals surface area (Å²) in [6.07, 6.45) is 4.67. The molecular weight excluding hydrogens is 179 g/mol. The first-order valence-corrected chi connectivity index (χ1v) is 3.80. The molecule has 0 bridgehead atoms. The molecule has 2 N–H and O–H groups in total. The lowest BCUT2D eigenvalue weighted by Crippen LogP contribution is -1.93. The number of nitrogens with zero attached hydrogens (tertiary/aromatic N) is 1. The Labute approximate surface area is 74.9 Å². The first-order chi connectivity index (χ1) is 5.75. The van der Waals surface area contributed by atoms with Gasteiger partial charge in [0.25, 0.3) is 0 Å². The van der Waals surface area contributed by atoms with E-state index >= 15 is 0 Å². The van der Waals surface area contributed by atoms with Gasteiger partial charge in [-0.1, -0.05) is 23.8 Å². The fourth-order valence-corrected chi connectivity index (χ4v) is 0.921. The molecule has 0 aliphatic carbocycles. The lowest BCUT2D eigenvalue weighted by atomic mass is 10.2. The topological polar surface area (TPSA) is 38.9 Å². The molecule has 1 rings (SSSR count). The number of hydrogen-bond acceptors (Lipinski definition) is 2. The molecule has 0 unspecified atom stereocenters. The zero-order chi connectivity index (χ0) is 8.97. The Morgan fingerprint density at radius 2 is 2.42 bits per heavy atom. The second-order valence-corrected chi connectivity index (χ2v) is 2.50. The predicted molar refractivity (Wildman–Crippen MR) is 47.3 cm³/mol. The third kappa shape index (κ3) is 2.03. The molecule has 4 heteroatoms. The Bertz CT molecular complexity index is 299. The molecule has 2 nitrogen and oxygen atoms in total. The highest BCUT2D eigenvalue weighted by Crippen LogP contribution is 2.15. The highest BCUT2D eigenvalue weighted by molar-refractivity contribution is 6.29. The number of aromatic nitrogens is 1. The summed E-state index contributed by atoms with van der Waals surface area (Å²) in [5.41, 5.74) is 5.61. The van der Waals surface area contributed by atoms with Crippen molar-refractivity contribution in [3.8, 4) is 0 Å². The normalized spacial score (nSPS) is 10.9. The standard InChI is InChI=1S/C8H8ClFN2/c9-8-7(10)6(2-1-4-11)3-5-12-8/h1-3,5H,4,11H2. The predicted octanol–water partition coefficient (Wildman–Crippen LogP) is 1.85. The molecule has 1 heterocycles. The molecule has 0 aromatic carbocycles. The van der Waals surface area contributed by atoms with Crippen LogP contribution in [0.4, 0.5) is 4.39 Å². The molecule has 64 valence electrons. The van der Waals surface area contributed by atoms with E-state index in [0.717, 1.165) is 0 Å². The highest BCUT2D eigenvalue weighted by Gasteiger charge is 2.03. The van der Waals surface area contributed by atoms with Crippen LogP contribution in [0.3, 0.4) is 0 Å². The number of nitrogens with two attached hydrogens (primary N) is 1. The van der Waals surface area contributed by atoms with Crippen molar-refractivity contribution in [2.45, 2.75) is 0 Å². The molecule has 0 fully saturated rings. The van der Waals surface area contributed by atoms with Crippen molar-refractivity contribution in [1.29, 1.82) is 0 Å². The summed E-state index contributed by atoms with van der Waals surface area (Å²) in [5, 5.41) is -0.117. The molecule has 0 spiro atoms. The van der Waals surface area contributed by atoms with Gasteiger partial charge in [0, 0.05) is 18.3 Å². The zero-order valence-electron chi connectivity index (χ0n) is 6.30. The van der Waals surface area contributed by atoms with E-state index in [1.807, 2.05) is 0 Å². The second kappa shape index (κ2) is 4.18. The van der Waals surface area contributed by atoms with Gasteiger partial charge in [0.2, 0.25) is 0 Å². The van der Waals surface area contributed by atoms with E-state index in [9.17, 15) is 4.39 Å². The maximum atomic E-state index is 13.0. The van der Waals surface area contributed by atoms with E-state index in [2.05, 4.69) is 4.98 Å². The van der Waals surface area contributed by atoms with Crippen molar-refractivity contribution in [3.63, 3.8) is 0 Å². The monoisotopic (exact) mass is 186 g/mol. The highest BCUT2D eigenvalue weighted by atomic mass is 35.5. The SMILES string of the molecule is NCC=Cc1ccnc(Cl)c1F. The first-order valence-electron chi connectivity index (χ1n) is 3.42. The minimum Gasteiger partial charge on any atom is -0.327 e. The van der Waals surface area contributed by atoms with E-state index in [4.69, 9.17) is 17.3 Å². The molecule has 0 atom stereocenters. The second-order valence-electron chi connectivity index (χ2n) is 2.14. The van der Waals surface area contributed by atoms with Crippen LogP contribution in [0, 0.1) is 5.82 Å². The van der Waals surface area contributed by atoms with Gasteiger partial charge in [-0.2, -0.15) is 0 Å². The lowest BCUT2D eigenvalue weighted by Gasteiger charge is -1.96. The van der Waals surface area contributed by atoms with E-state index in [0.29, 0.717) is 12.1 Å². The number of halogens is 2. The van der Waals surface area contributed by atoms with Crippen LogP contribution in [0.15, 0.2) is 18.3 Å². The Kier molecular flexibility index (Phi) is 3.19. The average Bonchev–Trinajstić information content (AvgIpc) is 2.08. The van der Waals surface area contributed by atoms with Gasteiger partial charge in [-0.3, -0.25) is 0 Å².